The third-order valence-corrected chi connectivity index (χ3v) is 3.21. The molecule has 0 amide bonds. The van der Waals surface area contributed by atoms with Gasteiger partial charge < -0.3 is 5.73 Å². The fourth-order valence-electron chi connectivity index (χ4n) is 1.43. The van der Waals surface area contributed by atoms with E-state index in [1.807, 2.05) is 0 Å². The Hall–Kier alpha value is -1.46. The van der Waals surface area contributed by atoms with Crippen LogP contribution in [0.3, 0.4) is 0 Å². The third kappa shape index (κ3) is 3.25. The standard InChI is InChI=1S/C12H12FN3S/c13-11-3-2-9(10(6-11)7-14)8-17-12-15-4-1-5-16-12/h1-6H,7-8,14H2. The van der Waals surface area contributed by atoms with Gasteiger partial charge in [-0.05, 0) is 29.3 Å². The molecule has 2 aromatic rings. The molecule has 0 bridgehead atoms. The number of aromatic nitrogens is 2. The number of rotatable bonds is 4. The van der Waals surface area contributed by atoms with Crippen molar-refractivity contribution in [2.45, 2.75) is 17.5 Å². The first-order valence-corrected chi connectivity index (χ1v) is 6.15. The van der Waals surface area contributed by atoms with Gasteiger partial charge in [-0.1, -0.05) is 17.8 Å². The zero-order chi connectivity index (χ0) is 12.1. The van der Waals surface area contributed by atoms with Gasteiger partial charge >= 0.3 is 0 Å². The summed E-state index contributed by atoms with van der Waals surface area (Å²) in [7, 11) is 0. The predicted octanol–water partition coefficient (Wildman–Crippen LogP) is 2.37. The van der Waals surface area contributed by atoms with Crippen molar-refractivity contribution in [3.8, 4) is 0 Å². The SMILES string of the molecule is NCc1cc(F)ccc1CSc1ncccn1. The van der Waals surface area contributed by atoms with Crippen LogP contribution >= 0.6 is 11.8 Å². The Morgan fingerprint density at radius 2 is 1.94 bits per heavy atom. The van der Waals surface area contributed by atoms with E-state index in [9.17, 15) is 4.39 Å². The molecule has 2 N–H and O–H groups in total. The van der Waals surface area contributed by atoms with Gasteiger partial charge in [-0.15, -0.1) is 0 Å². The molecule has 0 aliphatic carbocycles. The predicted molar refractivity (Wildman–Crippen MR) is 65.9 cm³/mol. The highest BCUT2D eigenvalue weighted by Gasteiger charge is 2.04. The first kappa shape index (κ1) is 12.0. The van der Waals surface area contributed by atoms with Crippen LogP contribution in [0.2, 0.25) is 0 Å². The number of nitrogens with two attached hydrogens (primary N) is 1. The highest BCUT2D eigenvalue weighted by Crippen LogP contribution is 2.21. The van der Waals surface area contributed by atoms with Crippen LogP contribution in [-0.4, -0.2) is 9.97 Å². The minimum atomic E-state index is -0.254. The fourth-order valence-corrected chi connectivity index (χ4v) is 2.26. The monoisotopic (exact) mass is 249 g/mol. The molecule has 1 aromatic heterocycles. The molecule has 2 rings (SSSR count). The molecule has 1 aromatic carbocycles. The Kier molecular flexibility index (Phi) is 4.06. The Morgan fingerprint density at radius 1 is 1.18 bits per heavy atom. The number of hydrogen-bond acceptors (Lipinski definition) is 4. The van der Waals surface area contributed by atoms with Crippen LogP contribution in [0.4, 0.5) is 4.39 Å². The minimum Gasteiger partial charge on any atom is -0.326 e. The molecule has 0 radical (unpaired) electrons. The number of benzene rings is 1. The second-order valence-corrected chi connectivity index (χ2v) is 4.38. The first-order valence-electron chi connectivity index (χ1n) is 5.17. The average molecular weight is 249 g/mol. The largest absolute Gasteiger partial charge is 0.326 e. The summed E-state index contributed by atoms with van der Waals surface area (Å²) >= 11 is 1.51. The molecule has 0 spiro atoms. The van der Waals surface area contributed by atoms with Gasteiger partial charge in [0.1, 0.15) is 5.82 Å². The molecule has 0 aliphatic rings. The first-order chi connectivity index (χ1) is 8.29. The topological polar surface area (TPSA) is 51.8 Å². The third-order valence-electron chi connectivity index (χ3n) is 2.29. The molecular weight excluding hydrogens is 237 g/mol. The molecule has 0 saturated heterocycles. The Morgan fingerprint density at radius 3 is 2.65 bits per heavy atom. The van der Waals surface area contributed by atoms with Gasteiger partial charge in [-0.2, -0.15) is 0 Å². The van der Waals surface area contributed by atoms with Crippen molar-refractivity contribution >= 4 is 11.8 Å². The Balaban J connectivity index is 2.09. The molecule has 88 valence electrons. The van der Waals surface area contributed by atoms with E-state index in [1.165, 1.54) is 23.9 Å². The molecule has 0 fully saturated rings. The van der Waals surface area contributed by atoms with Crippen LogP contribution in [0.1, 0.15) is 11.1 Å². The van der Waals surface area contributed by atoms with Gasteiger partial charge in [0.25, 0.3) is 0 Å². The summed E-state index contributed by atoms with van der Waals surface area (Å²) in [4.78, 5) is 8.23. The maximum absolute atomic E-state index is 13.0. The molecule has 0 unspecified atom stereocenters. The van der Waals surface area contributed by atoms with E-state index in [0.717, 1.165) is 11.1 Å². The average Bonchev–Trinajstić information content (AvgIpc) is 2.38. The van der Waals surface area contributed by atoms with E-state index in [2.05, 4.69) is 9.97 Å². The van der Waals surface area contributed by atoms with Gasteiger partial charge in [0, 0.05) is 24.7 Å². The lowest BCUT2D eigenvalue weighted by Crippen LogP contribution is -2.01. The molecule has 5 heteroatoms. The number of nitrogens with zero attached hydrogens (tertiary/aromatic N) is 2. The quantitative estimate of drug-likeness (QED) is 0.667. The van der Waals surface area contributed by atoms with Gasteiger partial charge in [0.2, 0.25) is 0 Å². The summed E-state index contributed by atoms with van der Waals surface area (Å²) in [6.45, 7) is 0.337. The van der Waals surface area contributed by atoms with Crippen molar-refractivity contribution < 1.29 is 4.39 Å². The van der Waals surface area contributed by atoms with E-state index in [4.69, 9.17) is 5.73 Å². The number of halogens is 1. The summed E-state index contributed by atoms with van der Waals surface area (Å²) < 4.78 is 13.0. The lowest BCUT2D eigenvalue weighted by Gasteiger charge is -2.06. The van der Waals surface area contributed by atoms with Crippen molar-refractivity contribution in [3.05, 3.63) is 53.6 Å². The van der Waals surface area contributed by atoms with Crippen LogP contribution < -0.4 is 5.73 Å². The van der Waals surface area contributed by atoms with Gasteiger partial charge in [0.15, 0.2) is 5.16 Å². The van der Waals surface area contributed by atoms with Crippen LogP contribution in [0.15, 0.2) is 41.8 Å². The lowest BCUT2D eigenvalue weighted by atomic mass is 10.1. The van der Waals surface area contributed by atoms with Crippen molar-refractivity contribution in [2.75, 3.05) is 0 Å². The van der Waals surface area contributed by atoms with Gasteiger partial charge in [-0.3, -0.25) is 0 Å². The normalized spacial score (nSPS) is 10.5. The van der Waals surface area contributed by atoms with Crippen LogP contribution in [-0.2, 0) is 12.3 Å². The smallest absolute Gasteiger partial charge is 0.187 e. The molecule has 17 heavy (non-hydrogen) atoms. The second kappa shape index (κ2) is 5.75. The van der Waals surface area contributed by atoms with E-state index >= 15 is 0 Å². The van der Waals surface area contributed by atoms with Crippen molar-refractivity contribution in [2.24, 2.45) is 5.73 Å². The Bertz CT molecular complexity index is 490. The zero-order valence-electron chi connectivity index (χ0n) is 9.14. The molecule has 0 aliphatic heterocycles. The van der Waals surface area contributed by atoms with E-state index in [-0.39, 0.29) is 5.82 Å². The van der Waals surface area contributed by atoms with Crippen molar-refractivity contribution in [1.29, 1.82) is 0 Å². The van der Waals surface area contributed by atoms with Crippen molar-refractivity contribution in [1.82, 2.24) is 9.97 Å². The lowest BCUT2D eigenvalue weighted by molar-refractivity contribution is 0.624. The van der Waals surface area contributed by atoms with E-state index < -0.39 is 0 Å². The summed E-state index contributed by atoms with van der Waals surface area (Å²) in [5.41, 5.74) is 7.43. The van der Waals surface area contributed by atoms with Gasteiger partial charge in [-0.25, -0.2) is 14.4 Å². The second-order valence-electron chi connectivity index (χ2n) is 3.44. The summed E-state index contributed by atoms with van der Waals surface area (Å²) in [5.74, 6) is 0.437. The maximum Gasteiger partial charge on any atom is 0.187 e. The summed E-state index contributed by atoms with van der Waals surface area (Å²) in [5, 5.41) is 0.708. The Labute approximate surface area is 103 Å². The van der Waals surface area contributed by atoms with E-state index in [1.54, 1.807) is 24.5 Å². The maximum atomic E-state index is 13.0. The summed E-state index contributed by atoms with van der Waals surface area (Å²) in [6.07, 6.45) is 3.40. The molecular formula is C12H12FN3S. The highest BCUT2D eigenvalue weighted by molar-refractivity contribution is 7.98. The van der Waals surface area contributed by atoms with Gasteiger partial charge in [0.05, 0.1) is 0 Å². The van der Waals surface area contributed by atoms with Crippen LogP contribution in [0.25, 0.3) is 0 Å². The zero-order valence-corrected chi connectivity index (χ0v) is 9.95. The minimum absolute atomic E-state index is 0.254. The summed E-state index contributed by atoms with van der Waals surface area (Å²) in [6, 6.07) is 6.45. The van der Waals surface area contributed by atoms with Crippen LogP contribution in [0, 0.1) is 5.82 Å². The highest BCUT2D eigenvalue weighted by atomic mass is 32.2. The molecule has 3 nitrogen and oxygen atoms in total. The number of thioether (sulfide) groups is 1. The molecule has 0 saturated carbocycles. The fraction of sp³-hybridized carbons (Fsp3) is 0.167. The van der Waals surface area contributed by atoms with Crippen LogP contribution in [0.5, 0.6) is 0 Å². The number of hydrogen-bond donors (Lipinski definition) is 1. The molecule has 1 heterocycles. The van der Waals surface area contributed by atoms with Crippen molar-refractivity contribution in [3.63, 3.8) is 0 Å². The molecule has 0 atom stereocenters. The van der Waals surface area contributed by atoms with E-state index in [0.29, 0.717) is 17.5 Å².